The summed E-state index contributed by atoms with van der Waals surface area (Å²) >= 11 is 5.39. The lowest BCUT2D eigenvalue weighted by molar-refractivity contribution is 0.219. The monoisotopic (exact) mass is 1060 g/mol. The number of hydrogen-bond donors (Lipinski definition) is 2. The number of nitrogens with one attached hydrogen (secondary N) is 1. The maximum atomic E-state index is 11.8. The van der Waals surface area contributed by atoms with Crippen molar-refractivity contribution >= 4 is 85.3 Å². The summed E-state index contributed by atoms with van der Waals surface area (Å²) in [6.07, 6.45) is 3.24. The molecule has 2 aromatic heterocycles. The van der Waals surface area contributed by atoms with Gasteiger partial charge in [0, 0.05) is 53.1 Å². The van der Waals surface area contributed by atoms with Crippen molar-refractivity contribution < 1.29 is 34.1 Å². The average molecular weight is 1060 g/mol. The fourth-order valence-electron chi connectivity index (χ4n) is 6.18. The molecule has 0 aliphatic carbocycles. The van der Waals surface area contributed by atoms with Crippen LogP contribution < -0.4 is 16.3 Å². The van der Waals surface area contributed by atoms with E-state index in [2.05, 4.69) is 61.1 Å². The smallest absolute Gasteiger partial charge is 0.214 e. The molecule has 60 heavy (non-hydrogen) atoms. The number of halogens is 2. The van der Waals surface area contributed by atoms with Gasteiger partial charge in [0.05, 0.1) is 52.7 Å². The minimum absolute atomic E-state index is 0.0129. The van der Waals surface area contributed by atoms with Crippen LogP contribution in [0.3, 0.4) is 0 Å². The normalized spacial score (nSPS) is 22.0. The van der Waals surface area contributed by atoms with Gasteiger partial charge in [0.25, 0.3) is 0 Å². The van der Waals surface area contributed by atoms with Crippen molar-refractivity contribution in [1.29, 1.82) is 0 Å². The fourth-order valence-corrected chi connectivity index (χ4v) is 11.5. The fraction of sp³-hybridized carbons (Fsp3) is 0.366. The van der Waals surface area contributed by atoms with E-state index in [4.69, 9.17) is 14.7 Å². The number of nitrogens with two attached hydrogens (primary N) is 1. The Balaban J connectivity index is 0.000000179. The van der Waals surface area contributed by atoms with Crippen molar-refractivity contribution in [2.24, 2.45) is 5.84 Å². The summed E-state index contributed by atoms with van der Waals surface area (Å²) in [6.45, 7) is 7.12. The lowest BCUT2D eigenvalue weighted by atomic mass is 10.3. The second-order valence-electron chi connectivity index (χ2n) is 14.3. The molecule has 3 atom stereocenters. The first-order valence-electron chi connectivity index (χ1n) is 19.2. The Kier molecular flexibility index (Phi) is 19.6. The highest BCUT2D eigenvalue weighted by molar-refractivity contribution is 14.1. The number of anilines is 3. The van der Waals surface area contributed by atoms with Gasteiger partial charge in [-0.2, -0.15) is 0 Å². The van der Waals surface area contributed by atoms with E-state index < -0.39 is 29.5 Å². The third kappa shape index (κ3) is 17.2. The average Bonchev–Trinajstić information content (AvgIpc) is 3.92. The van der Waals surface area contributed by atoms with Gasteiger partial charge < -0.3 is 14.3 Å². The highest BCUT2D eigenvalue weighted by Gasteiger charge is 2.34. The van der Waals surface area contributed by atoms with Gasteiger partial charge in [0.2, 0.25) is 5.88 Å². The van der Waals surface area contributed by atoms with E-state index in [1.807, 2.05) is 134 Å². The van der Waals surface area contributed by atoms with Crippen LogP contribution in [0, 0.1) is 3.57 Å². The molecule has 3 unspecified atom stereocenters. The van der Waals surface area contributed by atoms with Gasteiger partial charge >= 0.3 is 0 Å². The molecular weight excluding hydrogens is 1010 g/mol. The van der Waals surface area contributed by atoms with Crippen molar-refractivity contribution in [2.75, 3.05) is 64.6 Å². The quantitative estimate of drug-likeness (QED) is 0.137. The van der Waals surface area contributed by atoms with Crippen LogP contribution in [-0.2, 0) is 29.5 Å². The molecule has 14 nitrogen and oxygen atoms in total. The minimum Gasteiger partial charge on any atom is -0.458 e. The van der Waals surface area contributed by atoms with E-state index in [0.717, 1.165) is 16.0 Å². The molecule has 5 heterocycles. The van der Waals surface area contributed by atoms with Crippen molar-refractivity contribution in [2.45, 2.75) is 38.9 Å². The Morgan fingerprint density at radius 3 is 1.57 bits per heavy atom. The van der Waals surface area contributed by atoms with Gasteiger partial charge in [-0.15, -0.1) is 0 Å². The topological polar surface area (TPSA) is 180 Å². The molecule has 3 fully saturated rings. The molecular formula is C41H54BrIN6O8S3. The van der Waals surface area contributed by atoms with E-state index in [0.29, 0.717) is 25.5 Å². The molecule has 3 aromatic carbocycles. The van der Waals surface area contributed by atoms with E-state index in [-0.39, 0.29) is 52.6 Å². The van der Waals surface area contributed by atoms with E-state index in [1.165, 1.54) is 3.57 Å². The molecule has 0 spiro atoms. The molecule has 3 saturated heterocycles. The first-order chi connectivity index (χ1) is 28.4. The third-order valence-electron chi connectivity index (χ3n) is 9.27. The molecule has 0 radical (unpaired) electrons. The predicted molar refractivity (Wildman–Crippen MR) is 252 cm³/mol. The zero-order chi connectivity index (χ0) is 43.8. The van der Waals surface area contributed by atoms with Crippen LogP contribution in [0.4, 0.5) is 17.3 Å². The number of para-hydroxylation sites is 2. The van der Waals surface area contributed by atoms with Crippen molar-refractivity contribution in [3.8, 4) is 0 Å². The summed E-state index contributed by atoms with van der Waals surface area (Å²) in [5.41, 5.74) is 5.19. The lowest BCUT2D eigenvalue weighted by Crippen LogP contribution is -2.53. The van der Waals surface area contributed by atoms with Crippen LogP contribution in [0.2, 0.25) is 0 Å². The molecule has 0 amide bonds. The number of benzene rings is 3. The zero-order valence-electron chi connectivity index (χ0n) is 33.8. The van der Waals surface area contributed by atoms with E-state index in [9.17, 15) is 25.3 Å². The molecule has 19 heteroatoms. The van der Waals surface area contributed by atoms with Gasteiger partial charge in [0.15, 0.2) is 34.2 Å². The number of rotatable bonds is 5. The van der Waals surface area contributed by atoms with E-state index >= 15 is 0 Å². The first-order valence-corrected chi connectivity index (χ1v) is 26.5. The largest absolute Gasteiger partial charge is 0.458 e. The molecule has 3 aliphatic rings. The van der Waals surface area contributed by atoms with Crippen LogP contribution in [0.5, 0.6) is 0 Å². The van der Waals surface area contributed by atoms with Gasteiger partial charge in [-0.05, 0) is 114 Å². The second kappa shape index (κ2) is 23.8. The number of sulfone groups is 3. The predicted octanol–water partition coefficient (Wildman–Crippen LogP) is 6.90. The summed E-state index contributed by atoms with van der Waals surface area (Å²) in [7, 11) is -8.57. The lowest BCUT2D eigenvalue weighted by Gasteiger charge is -2.41. The number of hydrazine groups is 3. The van der Waals surface area contributed by atoms with Crippen molar-refractivity contribution in [3.05, 3.63) is 136 Å². The van der Waals surface area contributed by atoms with Crippen LogP contribution in [0.1, 0.15) is 20.8 Å². The highest BCUT2D eigenvalue weighted by atomic mass is 127. The molecule has 3 aliphatic heterocycles. The SMILES string of the molecule is Brc1ccco1.CC1CS(=O)(=O)CCN1N.CC1CS(=O)(=O)CCN1N(c1ccccc1)c1ccco1.CC1CS(=O)(=O)CCN1Nc1ccccc1.Ic1ccccc1. The Labute approximate surface area is 377 Å². The molecule has 0 saturated carbocycles. The van der Waals surface area contributed by atoms with Gasteiger partial charge in [-0.1, -0.05) is 54.6 Å². The summed E-state index contributed by atoms with van der Waals surface area (Å²) in [4.78, 5) is 0. The summed E-state index contributed by atoms with van der Waals surface area (Å²) in [5.74, 6) is 7.35. The summed E-state index contributed by atoms with van der Waals surface area (Å²) in [5, 5.41) is 7.56. The molecule has 3 N–H and O–H groups in total. The minimum atomic E-state index is -2.95. The molecule has 5 aromatic rings. The Bertz CT molecular complexity index is 2300. The van der Waals surface area contributed by atoms with E-state index in [1.54, 1.807) is 17.5 Å². The Hall–Kier alpha value is -3.28. The standard InChI is InChI=1S/C15H18N2O3S.C11H16N2O2S.C6H5I.C5H12N2O2S.C4H3BrO/c1-13-12-21(18,19)11-9-16(13)17(15-8-5-10-20-15)14-6-3-2-4-7-14;1-10-9-16(14,15)8-7-13(10)12-11-5-3-2-4-6-11;7-6-4-2-1-3-5-6;1-5-4-10(8,9)3-2-7(5)6;5-4-2-1-3-6-4/h2-8,10,13H,9,11-12H2,1H3;2-6,10,12H,7-9H2,1H3;1-5H;5H,2-4,6H2,1H3;1-3H. The molecule has 0 bridgehead atoms. The van der Waals surface area contributed by atoms with Crippen LogP contribution in [-0.4, -0.2) is 113 Å². The first kappa shape index (κ1) is 49.4. The van der Waals surface area contributed by atoms with Crippen molar-refractivity contribution in [3.63, 3.8) is 0 Å². The van der Waals surface area contributed by atoms with Gasteiger partial charge in [-0.25, -0.2) is 45.3 Å². The van der Waals surface area contributed by atoms with Crippen LogP contribution >= 0.6 is 38.5 Å². The van der Waals surface area contributed by atoms with Gasteiger partial charge in [-0.3, -0.25) is 5.84 Å². The second-order valence-corrected chi connectivity index (χ2v) is 23.0. The summed E-state index contributed by atoms with van der Waals surface area (Å²) in [6, 6.07) is 37.1. The maximum absolute atomic E-state index is 11.8. The summed E-state index contributed by atoms with van der Waals surface area (Å²) < 4.78 is 80.6. The van der Waals surface area contributed by atoms with Crippen molar-refractivity contribution in [1.82, 2.24) is 15.0 Å². The van der Waals surface area contributed by atoms with Crippen LogP contribution in [0.15, 0.2) is 141 Å². The Morgan fingerprint density at radius 2 is 1.13 bits per heavy atom. The van der Waals surface area contributed by atoms with Gasteiger partial charge in [0.1, 0.15) is 0 Å². The third-order valence-corrected chi connectivity index (χ3v) is 15.8. The number of nitrogens with zero attached hydrogens (tertiary/aromatic N) is 4. The Morgan fingerprint density at radius 1 is 0.633 bits per heavy atom. The highest BCUT2D eigenvalue weighted by Crippen LogP contribution is 2.30. The number of furan rings is 2. The van der Waals surface area contributed by atoms with Crippen LogP contribution in [0.25, 0.3) is 0 Å². The molecule has 8 rings (SSSR count). The maximum Gasteiger partial charge on any atom is 0.214 e. The zero-order valence-corrected chi connectivity index (χ0v) is 40.0. The number of hydrogen-bond acceptors (Lipinski definition) is 14. The molecule has 328 valence electrons.